The highest BCUT2D eigenvalue weighted by Gasteiger charge is 2.15. The van der Waals surface area contributed by atoms with Gasteiger partial charge in [-0.2, -0.15) is 0 Å². The third kappa shape index (κ3) is 6.14. The molecule has 15 heavy (non-hydrogen) atoms. The second kappa shape index (κ2) is 7.30. The molecule has 3 heteroatoms. The van der Waals surface area contributed by atoms with Crippen LogP contribution >= 0.6 is 0 Å². The quantitative estimate of drug-likeness (QED) is 0.649. The van der Waals surface area contributed by atoms with Crippen LogP contribution in [0, 0.1) is 18.3 Å². The standard InChI is InChI=1S/C12H22N2O/c1-5-7-11(13)12(15)14-10(4)8-9(3)6-2/h1,9-11H,6-8,13H2,2-4H3,(H,14,15). The van der Waals surface area contributed by atoms with Crippen molar-refractivity contribution in [2.24, 2.45) is 11.7 Å². The highest BCUT2D eigenvalue weighted by atomic mass is 16.2. The monoisotopic (exact) mass is 210 g/mol. The number of carbonyl (C=O) groups excluding carboxylic acids is 1. The van der Waals surface area contributed by atoms with E-state index in [9.17, 15) is 4.79 Å². The molecule has 3 atom stereocenters. The second-order valence-electron chi connectivity index (χ2n) is 4.17. The van der Waals surface area contributed by atoms with Gasteiger partial charge in [-0.15, -0.1) is 12.3 Å². The Balaban J connectivity index is 3.91. The number of carbonyl (C=O) groups is 1. The molecule has 0 spiro atoms. The third-order valence-corrected chi connectivity index (χ3v) is 2.52. The molecule has 0 aliphatic rings. The van der Waals surface area contributed by atoms with E-state index in [0.29, 0.717) is 12.3 Å². The van der Waals surface area contributed by atoms with Gasteiger partial charge in [0.1, 0.15) is 0 Å². The first-order valence-corrected chi connectivity index (χ1v) is 5.50. The number of amides is 1. The van der Waals surface area contributed by atoms with Crippen molar-refractivity contribution in [3.63, 3.8) is 0 Å². The first-order chi connectivity index (χ1) is 7.01. The van der Waals surface area contributed by atoms with Crippen LogP contribution in [0.15, 0.2) is 0 Å². The fourth-order valence-corrected chi connectivity index (χ4v) is 1.40. The minimum absolute atomic E-state index is 0.149. The van der Waals surface area contributed by atoms with Gasteiger partial charge in [-0.05, 0) is 19.3 Å². The molecule has 0 aliphatic carbocycles. The molecule has 0 bridgehead atoms. The van der Waals surface area contributed by atoms with E-state index >= 15 is 0 Å². The van der Waals surface area contributed by atoms with Gasteiger partial charge in [0.2, 0.25) is 5.91 Å². The van der Waals surface area contributed by atoms with Crippen molar-refractivity contribution in [1.82, 2.24) is 5.32 Å². The van der Waals surface area contributed by atoms with E-state index in [1.54, 1.807) is 0 Å². The highest BCUT2D eigenvalue weighted by molar-refractivity contribution is 5.82. The largest absolute Gasteiger partial charge is 0.352 e. The Kier molecular flexibility index (Phi) is 6.81. The number of terminal acetylenes is 1. The molecule has 3 unspecified atom stereocenters. The molecule has 0 saturated heterocycles. The van der Waals surface area contributed by atoms with Gasteiger partial charge < -0.3 is 11.1 Å². The van der Waals surface area contributed by atoms with Gasteiger partial charge >= 0.3 is 0 Å². The zero-order valence-electron chi connectivity index (χ0n) is 9.92. The molecule has 0 fully saturated rings. The molecule has 86 valence electrons. The van der Waals surface area contributed by atoms with Gasteiger partial charge in [-0.3, -0.25) is 4.79 Å². The van der Waals surface area contributed by atoms with Crippen molar-refractivity contribution in [2.75, 3.05) is 0 Å². The summed E-state index contributed by atoms with van der Waals surface area (Å²) in [5.74, 6) is 2.85. The molecule has 3 N–H and O–H groups in total. The maximum absolute atomic E-state index is 11.5. The van der Waals surface area contributed by atoms with Crippen molar-refractivity contribution in [1.29, 1.82) is 0 Å². The summed E-state index contributed by atoms with van der Waals surface area (Å²) in [6.45, 7) is 6.31. The van der Waals surface area contributed by atoms with Crippen molar-refractivity contribution in [3.8, 4) is 12.3 Å². The van der Waals surface area contributed by atoms with Crippen LogP contribution in [0.1, 0.15) is 40.0 Å². The van der Waals surface area contributed by atoms with E-state index in [2.05, 4.69) is 25.1 Å². The molecule has 0 heterocycles. The van der Waals surface area contributed by atoms with E-state index < -0.39 is 6.04 Å². The Bertz CT molecular complexity index is 232. The summed E-state index contributed by atoms with van der Waals surface area (Å²) in [6.07, 6.45) is 7.48. The Labute approximate surface area is 92.8 Å². The molecule has 0 aromatic rings. The molecular formula is C12H22N2O. The van der Waals surface area contributed by atoms with Crippen LogP contribution in [0.2, 0.25) is 0 Å². The zero-order chi connectivity index (χ0) is 11.8. The molecule has 0 aromatic heterocycles. The molecule has 0 saturated carbocycles. The van der Waals surface area contributed by atoms with Crippen molar-refractivity contribution in [3.05, 3.63) is 0 Å². The number of hydrogen-bond acceptors (Lipinski definition) is 2. The maximum Gasteiger partial charge on any atom is 0.238 e. The van der Waals surface area contributed by atoms with Crippen LogP contribution in [0.4, 0.5) is 0 Å². The predicted octanol–water partition coefficient (Wildman–Crippen LogP) is 1.28. The summed E-state index contributed by atoms with van der Waals surface area (Å²) in [5, 5.41) is 2.87. The summed E-state index contributed by atoms with van der Waals surface area (Å²) >= 11 is 0. The minimum Gasteiger partial charge on any atom is -0.352 e. The van der Waals surface area contributed by atoms with Crippen LogP contribution in [-0.4, -0.2) is 18.0 Å². The Hall–Kier alpha value is -1.01. The zero-order valence-corrected chi connectivity index (χ0v) is 9.92. The van der Waals surface area contributed by atoms with Gasteiger partial charge in [0.25, 0.3) is 0 Å². The maximum atomic E-state index is 11.5. The Morgan fingerprint density at radius 1 is 1.53 bits per heavy atom. The summed E-state index contributed by atoms with van der Waals surface area (Å²) in [6, 6.07) is -0.411. The van der Waals surface area contributed by atoms with Crippen LogP contribution in [0.25, 0.3) is 0 Å². The summed E-state index contributed by atoms with van der Waals surface area (Å²) in [4.78, 5) is 11.5. The number of nitrogens with one attached hydrogen (secondary N) is 1. The summed E-state index contributed by atoms with van der Waals surface area (Å²) in [7, 11) is 0. The fourth-order valence-electron chi connectivity index (χ4n) is 1.40. The topological polar surface area (TPSA) is 55.1 Å². The summed E-state index contributed by atoms with van der Waals surface area (Å²) in [5.41, 5.74) is 5.58. The molecule has 0 radical (unpaired) electrons. The van der Waals surface area contributed by atoms with Gasteiger partial charge in [-0.1, -0.05) is 20.3 Å². The first kappa shape index (κ1) is 14.0. The molecule has 0 aliphatic heterocycles. The van der Waals surface area contributed by atoms with Crippen molar-refractivity contribution >= 4 is 5.91 Å². The first-order valence-electron chi connectivity index (χ1n) is 5.50. The van der Waals surface area contributed by atoms with E-state index in [1.165, 1.54) is 0 Å². The smallest absolute Gasteiger partial charge is 0.238 e. The fraction of sp³-hybridized carbons (Fsp3) is 0.750. The third-order valence-electron chi connectivity index (χ3n) is 2.52. The summed E-state index contributed by atoms with van der Waals surface area (Å²) < 4.78 is 0. The SMILES string of the molecule is C#CCC(N)C(=O)NC(C)CC(C)CC. The Morgan fingerprint density at radius 2 is 2.13 bits per heavy atom. The lowest BCUT2D eigenvalue weighted by atomic mass is 10.00. The average Bonchev–Trinajstić information content (AvgIpc) is 2.17. The lowest BCUT2D eigenvalue weighted by Gasteiger charge is -2.19. The van der Waals surface area contributed by atoms with Gasteiger partial charge in [-0.25, -0.2) is 0 Å². The Morgan fingerprint density at radius 3 is 2.60 bits per heavy atom. The average molecular weight is 210 g/mol. The molecule has 0 aromatic carbocycles. The predicted molar refractivity (Wildman–Crippen MR) is 63.1 cm³/mol. The van der Waals surface area contributed by atoms with Gasteiger partial charge in [0.15, 0.2) is 0 Å². The van der Waals surface area contributed by atoms with Gasteiger partial charge in [0, 0.05) is 12.5 Å². The van der Waals surface area contributed by atoms with Crippen molar-refractivity contribution in [2.45, 2.75) is 52.1 Å². The normalized spacial score (nSPS) is 16.2. The van der Waals surface area contributed by atoms with Crippen LogP contribution in [0.3, 0.4) is 0 Å². The lowest BCUT2D eigenvalue weighted by molar-refractivity contribution is -0.122. The molecule has 3 nitrogen and oxygen atoms in total. The number of nitrogens with two attached hydrogens (primary N) is 1. The number of hydrogen-bond donors (Lipinski definition) is 2. The van der Waals surface area contributed by atoms with Crippen LogP contribution in [-0.2, 0) is 4.79 Å². The van der Waals surface area contributed by atoms with E-state index in [-0.39, 0.29) is 11.9 Å². The van der Waals surface area contributed by atoms with E-state index in [1.807, 2.05) is 6.92 Å². The van der Waals surface area contributed by atoms with Crippen LogP contribution in [0.5, 0.6) is 0 Å². The van der Waals surface area contributed by atoms with E-state index in [0.717, 1.165) is 12.8 Å². The van der Waals surface area contributed by atoms with Crippen LogP contribution < -0.4 is 11.1 Å². The van der Waals surface area contributed by atoms with E-state index in [4.69, 9.17) is 12.2 Å². The molecule has 1 amide bonds. The molecule has 0 rings (SSSR count). The molecular weight excluding hydrogens is 188 g/mol. The minimum atomic E-state index is -0.575. The highest BCUT2D eigenvalue weighted by Crippen LogP contribution is 2.09. The number of rotatable bonds is 6. The lowest BCUT2D eigenvalue weighted by Crippen LogP contribution is -2.44. The van der Waals surface area contributed by atoms with Crippen molar-refractivity contribution < 1.29 is 4.79 Å². The second-order valence-corrected chi connectivity index (χ2v) is 4.17. The van der Waals surface area contributed by atoms with Gasteiger partial charge in [0.05, 0.1) is 6.04 Å².